The summed E-state index contributed by atoms with van der Waals surface area (Å²) in [7, 11) is 0. The quantitative estimate of drug-likeness (QED) is 0.845. The normalized spacial score (nSPS) is 25.4. The Labute approximate surface area is 139 Å². The van der Waals surface area contributed by atoms with Crippen molar-refractivity contribution in [2.24, 2.45) is 0 Å². The van der Waals surface area contributed by atoms with Crippen molar-refractivity contribution in [1.82, 2.24) is 9.80 Å². The Bertz CT molecular complexity index is 635. The summed E-state index contributed by atoms with van der Waals surface area (Å²) in [6.45, 7) is 7.27. The fourth-order valence-electron chi connectivity index (χ4n) is 4.27. The SMILES string of the molecule is CC1C2CCCN2CCN1Cc1ccc(-c2ccccc2)cc1. The van der Waals surface area contributed by atoms with Crippen LogP contribution in [-0.2, 0) is 6.54 Å². The van der Waals surface area contributed by atoms with E-state index in [2.05, 4.69) is 71.3 Å². The summed E-state index contributed by atoms with van der Waals surface area (Å²) in [5, 5.41) is 0. The van der Waals surface area contributed by atoms with Crippen LogP contribution in [0.15, 0.2) is 54.6 Å². The van der Waals surface area contributed by atoms with Crippen molar-refractivity contribution < 1.29 is 0 Å². The van der Waals surface area contributed by atoms with Gasteiger partial charge in [-0.25, -0.2) is 0 Å². The second kappa shape index (κ2) is 6.46. The van der Waals surface area contributed by atoms with Crippen LogP contribution in [0.1, 0.15) is 25.3 Å². The van der Waals surface area contributed by atoms with Crippen LogP contribution in [0.2, 0.25) is 0 Å². The highest BCUT2D eigenvalue weighted by Gasteiger charge is 2.36. The van der Waals surface area contributed by atoms with E-state index in [1.807, 2.05) is 0 Å². The highest BCUT2D eigenvalue weighted by atomic mass is 15.3. The van der Waals surface area contributed by atoms with Gasteiger partial charge in [-0.3, -0.25) is 9.80 Å². The van der Waals surface area contributed by atoms with E-state index in [4.69, 9.17) is 0 Å². The summed E-state index contributed by atoms with van der Waals surface area (Å²) in [5.74, 6) is 0. The van der Waals surface area contributed by atoms with Crippen molar-refractivity contribution >= 4 is 0 Å². The first kappa shape index (κ1) is 14.9. The molecule has 0 amide bonds. The number of piperazine rings is 1. The molecule has 2 aliphatic rings. The van der Waals surface area contributed by atoms with Crippen molar-refractivity contribution in [2.45, 2.75) is 38.4 Å². The van der Waals surface area contributed by atoms with Crippen LogP contribution in [0.3, 0.4) is 0 Å². The lowest BCUT2D eigenvalue weighted by Crippen LogP contribution is -2.55. The van der Waals surface area contributed by atoms with Crippen molar-refractivity contribution in [2.75, 3.05) is 19.6 Å². The second-order valence-electron chi connectivity index (χ2n) is 7.02. The van der Waals surface area contributed by atoms with Crippen molar-refractivity contribution in [3.05, 3.63) is 60.2 Å². The molecule has 4 rings (SSSR count). The molecule has 2 aromatic carbocycles. The maximum atomic E-state index is 2.69. The lowest BCUT2D eigenvalue weighted by molar-refractivity contribution is 0.0470. The first-order valence-corrected chi connectivity index (χ1v) is 8.94. The Morgan fingerprint density at radius 2 is 1.61 bits per heavy atom. The number of hydrogen-bond donors (Lipinski definition) is 0. The van der Waals surface area contributed by atoms with Crippen LogP contribution < -0.4 is 0 Å². The Kier molecular flexibility index (Phi) is 4.19. The standard InChI is InChI=1S/C21H26N2/c1-17-21-8-5-13-22(21)14-15-23(17)16-18-9-11-20(12-10-18)19-6-3-2-4-7-19/h2-4,6-7,9-12,17,21H,5,8,13-16H2,1H3. The zero-order valence-electron chi connectivity index (χ0n) is 14.0. The predicted octanol–water partition coefficient (Wildman–Crippen LogP) is 4.02. The van der Waals surface area contributed by atoms with E-state index in [1.165, 1.54) is 49.2 Å². The van der Waals surface area contributed by atoms with Gasteiger partial charge in [-0.1, -0.05) is 54.6 Å². The van der Waals surface area contributed by atoms with Crippen molar-refractivity contribution in [3.8, 4) is 11.1 Å². The molecule has 0 radical (unpaired) electrons. The zero-order chi connectivity index (χ0) is 15.6. The van der Waals surface area contributed by atoms with E-state index >= 15 is 0 Å². The number of fused-ring (bicyclic) bond motifs is 1. The molecule has 0 aromatic heterocycles. The molecule has 23 heavy (non-hydrogen) atoms. The molecule has 2 fully saturated rings. The predicted molar refractivity (Wildman–Crippen MR) is 96.3 cm³/mol. The van der Waals surface area contributed by atoms with Gasteiger partial charge in [0.2, 0.25) is 0 Å². The van der Waals surface area contributed by atoms with Crippen LogP contribution in [0.5, 0.6) is 0 Å². The average Bonchev–Trinajstić information content (AvgIpc) is 3.08. The number of nitrogens with zero attached hydrogens (tertiary/aromatic N) is 2. The number of hydrogen-bond acceptors (Lipinski definition) is 2. The molecule has 2 nitrogen and oxygen atoms in total. The first-order chi connectivity index (χ1) is 11.3. The number of rotatable bonds is 3. The number of benzene rings is 2. The van der Waals surface area contributed by atoms with Crippen LogP contribution in [0.4, 0.5) is 0 Å². The Morgan fingerprint density at radius 1 is 0.870 bits per heavy atom. The molecule has 0 aliphatic carbocycles. The van der Waals surface area contributed by atoms with Gasteiger partial charge in [0.15, 0.2) is 0 Å². The summed E-state index contributed by atoms with van der Waals surface area (Å²) < 4.78 is 0. The second-order valence-corrected chi connectivity index (χ2v) is 7.02. The van der Waals surface area contributed by atoms with Crippen LogP contribution in [-0.4, -0.2) is 41.5 Å². The maximum Gasteiger partial charge on any atom is 0.0250 e. The molecule has 0 spiro atoms. The third kappa shape index (κ3) is 3.06. The fraction of sp³-hybridized carbons (Fsp3) is 0.429. The van der Waals surface area contributed by atoms with E-state index in [1.54, 1.807) is 0 Å². The molecule has 0 bridgehead atoms. The molecule has 2 aromatic rings. The van der Waals surface area contributed by atoms with Crippen LogP contribution in [0, 0.1) is 0 Å². The van der Waals surface area contributed by atoms with Gasteiger partial charge >= 0.3 is 0 Å². The third-order valence-corrected chi connectivity index (χ3v) is 5.67. The third-order valence-electron chi connectivity index (χ3n) is 5.67. The molecule has 0 N–H and O–H groups in total. The van der Waals surface area contributed by atoms with E-state index in [0.29, 0.717) is 6.04 Å². The smallest absolute Gasteiger partial charge is 0.0250 e. The zero-order valence-corrected chi connectivity index (χ0v) is 14.0. The summed E-state index contributed by atoms with van der Waals surface area (Å²) in [6.07, 6.45) is 2.76. The van der Waals surface area contributed by atoms with E-state index in [9.17, 15) is 0 Å². The minimum absolute atomic E-state index is 0.681. The van der Waals surface area contributed by atoms with Gasteiger partial charge in [-0.05, 0) is 43.0 Å². The van der Waals surface area contributed by atoms with Crippen molar-refractivity contribution in [1.29, 1.82) is 0 Å². The molecule has 2 unspecified atom stereocenters. The van der Waals surface area contributed by atoms with Gasteiger partial charge in [0.05, 0.1) is 0 Å². The molecular weight excluding hydrogens is 280 g/mol. The van der Waals surface area contributed by atoms with Gasteiger partial charge in [0.1, 0.15) is 0 Å². The highest BCUT2D eigenvalue weighted by molar-refractivity contribution is 5.63. The molecule has 120 valence electrons. The van der Waals surface area contributed by atoms with Gasteiger partial charge in [0.25, 0.3) is 0 Å². The van der Waals surface area contributed by atoms with Gasteiger partial charge in [0, 0.05) is 31.7 Å². The Morgan fingerprint density at radius 3 is 2.39 bits per heavy atom. The summed E-state index contributed by atoms with van der Waals surface area (Å²) in [4.78, 5) is 5.36. The summed E-state index contributed by atoms with van der Waals surface area (Å²) in [5.41, 5.74) is 4.04. The molecular formula is C21H26N2. The minimum atomic E-state index is 0.681. The van der Waals surface area contributed by atoms with E-state index < -0.39 is 0 Å². The van der Waals surface area contributed by atoms with E-state index in [0.717, 1.165) is 12.6 Å². The Hall–Kier alpha value is -1.64. The van der Waals surface area contributed by atoms with Crippen molar-refractivity contribution in [3.63, 3.8) is 0 Å². The van der Waals surface area contributed by atoms with Gasteiger partial charge in [-0.2, -0.15) is 0 Å². The largest absolute Gasteiger partial charge is 0.298 e. The van der Waals surface area contributed by atoms with Crippen LogP contribution >= 0.6 is 0 Å². The molecule has 2 heteroatoms. The first-order valence-electron chi connectivity index (χ1n) is 8.94. The summed E-state index contributed by atoms with van der Waals surface area (Å²) >= 11 is 0. The fourth-order valence-corrected chi connectivity index (χ4v) is 4.27. The maximum absolute atomic E-state index is 2.69. The minimum Gasteiger partial charge on any atom is -0.298 e. The Balaban J connectivity index is 1.45. The molecule has 2 aliphatic heterocycles. The molecule has 2 saturated heterocycles. The lowest BCUT2D eigenvalue weighted by Gasteiger charge is -2.43. The highest BCUT2D eigenvalue weighted by Crippen LogP contribution is 2.28. The summed E-state index contributed by atoms with van der Waals surface area (Å²) in [6, 6.07) is 21.2. The van der Waals surface area contributed by atoms with E-state index in [-0.39, 0.29) is 0 Å². The van der Waals surface area contributed by atoms with Gasteiger partial charge < -0.3 is 0 Å². The molecule has 2 atom stereocenters. The molecule has 2 heterocycles. The topological polar surface area (TPSA) is 6.48 Å². The average molecular weight is 306 g/mol. The lowest BCUT2D eigenvalue weighted by atomic mass is 10.0. The molecule has 0 saturated carbocycles. The van der Waals surface area contributed by atoms with Gasteiger partial charge in [-0.15, -0.1) is 0 Å². The van der Waals surface area contributed by atoms with Crippen LogP contribution in [0.25, 0.3) is 11.1 Å². The monoisotopic (exact) mass is 306 g/mol.